The van der Waals surface area contributed by atoms with E-state index in [1.165, 1.54) is 30.3 Å². The van der Waals surface area contributed by atoms with Gasteiger partial charge in [-0.2, -0.15) is 0 Å². The van der Waals surface area contributed by atoms with Gasteiger partial charge in [-0.1, -0.05) is 48.5 Å². The van der Waals surface area contributed by atoms with Gasteiger partial charge in [-0.05, 0) is 64.8 Å². The van der Waals surface area contributed by atoms with Crippen molar-refractivity contribution in [2.45, 2.75) is 77.3 Å². The number of carbonyl (C=O) groups excluding carboxylic acids is 4. The van der Waals surface area contributed by atoms with E-state index < -0.39 is 59.8 Å². The topological polar surface area (TPSA) is 154 Å². The van der Waals surface area contributed by atoms with Crippen molar-refractivity contribution < 1.29 is 38.9 Å². The second kappa shape index (κ2) is 15.2. The van der Waals surface area contributed by atoms with Crippen molar-refractivity contribution in [3.8, 4) is 5.75 Å². The number of benzene rings is 2. The van der Waals surface area contributed by atoms with Crippen LogP contribution in [0.2, 0.25) is 0 Å². The van der Waals surface area contributed by atoms with Gasteiger partial charge in [0, 0.05) is 13.0 Å². The van der Waals surface area contributed by atoms with Gasteiger partial charge < -0.3 is 35.2 Å². The molecule has 0 aliphatic rings. The molecule has 0 aliphatic carbocycles. The molecule has 3 unspecified atom stereocenters. The maximum atomic E-state index is 14.1. The molecule has 11 nitrogen and oxygen atoms in total. The van der Waals surface area contributed by atoms with Gasteiger partial charge in [0.1, 0.15) is 35.1 Å². The van der Waals surface area contributed by atoms with Gasteiger partial charge in [0.2, 0.25) is 11.8 Å². The zero-order chi connectivity index (χ0) is 32.4. The van der Waals surface area contributed by atoms with E-state index in [1.54, 1.807) is 53.7 Å². The second-order valence-electron chi connectivity index (χ2n) is 11.9. The molecule has 0 aromatic heterocycles. The lowest BCUT2D eigenvalue weighted by Gasteiger charge is -2.34. The summed E-state index contributed by atoms with van der Waals surface area (Å²) in [5.41, 5.74) is -0.639. The average molecular weight is 598 g/mol. The van der Waals surface area contributed by atoms with Crippen molar-refractivity contribution in [1.82, 2.24) is 15.5 Å². The van der Waals surface area contributed by atoms with Crippen LogP contribution >= 0.6 is 0 Å². The normalized spacial score (nSPS) is 13.6. The number of aliphatic hydroxyl groups is 1. The summed E-state index contributed by atoms with van der Waals surface area (Å²) in [6.45, 7) is 12.8. The number of amides is 3. The van der Waals surface area contributed by atoms with Crippen molar-refractivity contribution in [2.24, 2.45) is 0 Å². The van der Waals surface area contributed by atoms with Gasteiger partial charge in [-0.15, -0.1) is 6.58 Å². The van der Waals surface area contributed by atoms with E-state index in [-0.39, 0.29) is 18.7 Å². The van der Waals surface area contributed by atoms with E-state index >= 15 is 0 Å². The molecule has 2 aromatic carbocycles. The Bertz CT molecular complexity index is 1250. The van der Waals surface area contributed by atoms with E-state index in [4.69, 9.17) is 9.47 Å². The summed E-state index contributed by atoms with van der Waals surface area (Å²) in [6.07, 6.45) is 0.561. The number of rotatable bonds is 12. The molecule has 3 atom stereocenters. The monoisotopic (exact) mass is 597 g/mol. The first-order valence-electron chi connectivity index (χ1n) is 13.9. The van der Waals surface area contributed by atoms with Crippen LogP contribution in [0.3, 0.4) is 0 Å². The highest BCUT2D eigenvalue weighted by Gasteiger charge is 2.38. The molecule has 0 heterocycles. The minimum atomic E-state index is -1.46. The number of alkyl carbamates (subject to hydrolysis) is 1. The molecule has 0 radical (unpaired) electrons. The molecule has 4 N–H and O–H groups in total. The number of esters is 1. The molecule has 234 valence electrons. The standard InChI is InChI=1S/C32H43N3O8/c1-8-18-35(28(39)25(20-36)34-30(41)43-32(5,6)7)26(22-14-16-23(37)17-15-22)27(38)33-24(29(40)42-31(2,3)4)19-21-12-10-9-11-13-21/h8-17,24-26,36-37H,1,18-20H2,2-7H3,(H,33,38)(H,34,41). The molecular weight excluding hydrogens is 554 g/mol. The summed E-state index contributed by atoms with van der Waals surface area (Å²) in [6, 6.07) is 10.7. The fourth-order valence-electron chi connectivity index (χ4n) is 4.09. The first kappa shape index (κ1) is 34.8. The Hall–Kier alpha value is -4.38. The maximum Gasteiger partial charge on any atom is 0.408 e. The lowest BCUT2D eigenvalue weighted by molar-refractivity contribution is -0.159. The number of phenols is 1. The van der Waals surface area contributed by atoms with Crippen LogP contribution in [0.5, 0.6) is 5.75 Å². The smallest absolute Gasteiger partial charge is 0.408 e. The third kappa shape index (κ3) is 11.4. The molecule has 2 aromatic rings. The van der Waals surface area contributed by atoms with Crippen LogP contribution < -0.4 is 10.6 Å². The van der Waals surface area contributed by atoms with Crippen LogP contribution in [-0.2, 0) is 30.3 Å². The molecular formula is C32H43N3O8. The Balaban J connectivity index is 2.51. The Morgan fingerprint density at radius 1 is 0.884 bits per heavy atom. The fraction of sp³-hybridized carbons (Fsp3) is 0.438. The summed E-state index contributed by atoms with van der Waals surface area (Å²) in [5.74, 6) is -2.28. The number of hydrogen-bond donors (Lipinski definition) is 4. The van der Waals surface area contributed by atoms with Crippen molar-refractivity contribution >= 4 is 23.9 Å². The molecule has 0 spiro atoms. The second-order valence-corrected chi connectivity index (χ2v) is 11.9. The van der Waals surface area contributed by atoms with E-state index in [9.17, 15) is 29.4 Å². The average Bonchev–Trinajstić information content (AvgIpc) is 2.90. The lowest BCUT2D eigenvalue weighted by atomic mass is 10.0. The summed E-state index contributed by atoms with van der Waals surface area (Å²) in [5, 5.41) is 25.0. The number of carbonyl (C=O) groups is 4. The predicted octanol–water partition coefficient (Wildman–Crippen LogP) is 3.40. The van der Waals surface area contributed by atoms with Crippen molar-refractivity contribution in [1.29, 1.82) is 0 Å². The zero-order valence-corrected chi connectivity index (χ0v) is 25.6. The van der Waals surface area contributed by atoms with E-state index in [0.29, 0.717) is 5.56 Å². The Labute approximate surface area is 252 Å². The largest absolute Gasteiger partial charge is 0.508 e. The zero-order valence-electron chi connectivity index (χ0n) is 25.6. The van der Waals surface area contributed by atoms with Crippen molar-refractivity contribution in [2.75, 3.05) is 13.2 Å². The van der Waals surface area contributed by atoms with Crippen LogP contribution in [0.25, 0.3) is 0 Å². The Morgan fingerprint density at radius 2 is 1.47 bits per heavy atom. The first-order chi connectivity index (χ1) is 20.0. The molecule has 43 heavy (non-hydrogen) atoms. The highest BCUT2D eigenvalue weighted by molar-refractivity contribution is 5.94. The maximum absolute atomic E-state index is 14.1. The van der Waals surface area contributed by atoms with Crippen LogP contribution in [-0.4, -0.2) is 75.4 Å². The minimum absolute atomic E-state index is 0.0694. The Kier molecular flexibility index (Phi) is 12.3. The van der Waals surface area contributed by atoms with Gasteiger partial charge in [0.25, 0.3) is 0 Å². The third-order valence-electron chi connectivity index (χ3n) is 5.84. The number of nitrogens with zero attached hydrogens (tertiary/aromatic N) is 1. The molecule has 0 aliphatic heterocycles. The van der Waals surface area contributed by atoms with Crippen LogP contribution in [0.4, 0.5) is 4.79 Å². The van der Waals surface area contributed by atoms with Gasteiger partial charge in [0.15, 0.2) is 0 Å². The number of nitrogens with one attached hydrogen (secondary N) is 2. The van der Waals surface area contributed by atoms with Crippen LogP contribution in [0.15, 0.2) is 67.3 Å². The van der Waals surface area contributed by atoms with Crippen molar-refractivity contribution in [3.05, 3.63) is 78.4 Å². The number of phenolic OH excluding ortho intramolecular Hbond substituents is 1. The molecule has 0 bridgehead atoms. The summed E-state index contributed by atoms with van der Waals surface area (Å²) >= 11 is 0. The molecule has 11 heteroatoms. The number of hydrogen-bond acceptors (Lipinski definition) is 8. The lowest BCUT2D eigenvalue weighted by Crippen LogP contribution is -2.56. The molecule has 3 amide bonds. The minimum Gasteiger partial charge on any atom is -0.508 e. The van der Waals surface area contributed by atoms with Gasteiger partial charge in [-0.25, -0.2) is 9.59 Å². The number of ether oxygens (including phenoxy) is 2. The molecule has 0 saturated carbocycles. The van der Waals surface area contributed by atoms with E-state index in [0.717, 1.165) is 10.5 Å². The quantitative estimate of drug-likeness (QED) is 0.214. The van der Waals surface area contributed by atoms with Crippen molar-refractivity contribution in [3.63, 3.8) is 0 Å². The third-order valence-corrected chi connectivity index (χ3v) is 5.84. The molecule has 0 saturated heterocycles. The first-order valence-corrected chi connectivity index (χ1v) is 13.9. The molecule has 0 fully saturated rings. The number of aliphatic hydroxyl groups excluding tert-OH is 1. The molecule has 2 rings (SSSR count). The van der Waals surface area contributed by atoms with Gasteiger partial charge in [0.05, 0.1) is 6.61 Å². The summed E-state index contributed by atoms with van der Waals surface area (Å²) in [4.78, 5) is 54.6. The number of aromatic hydroxyl groups is 1. The van der Waals surface area contributed by atoms with E-state index in [1.807, 2.05) is 18.2 Å². The highest BCUT2D eigenvalue weighted by Crippen LogP contribution is 2.25. The van der Waals surface area contributed by atoms with E-state index in [2.05, 4.69) is 17.2 Å². The van der Waals surface area contributed by atoms with Crippen LogP contribution in [0, 0.1) is 0 Å². The SMILES string of the molecule is C=CCN(C(=O)C(CO)NC(=O)OC(C)(C)C)C(C(=O)NC(Cc1ccccc1)C(=O)OC(C)(C)C)c1ccc(O)cc1. The summed E-state index contributed by atoms with van der Waals surface area (Å²) in [7, 11) is 0. The van der Waals surface area contributed by atoms with Crippen LogP contribution in [0.1, 0.15) is 58.7 Å². The van der Waals surface area contributed by atoms with Gasteiger partial charge in [-0.3, -0.25) is 9.59 Å². The Morgan fingerprint density at radius 3 is 1.98 bits per heavy atom. The van der Waals surface area contributed by atoms with Gasteiger partial charge >= 0.3 is 12.1 Å². The summed E-state index contributed by atoms with van der Waals surface area (Å²) < 4.78 is 10.8. The highest BCUT2D eigenvalue weighted by atomic mass is 16.6. The fourth-order valence-corrected chi connectivity index (χ4v) is 4.09. The predicted molar refractivity (Wildman–Crippen MR) is 161 cm³/mol.